The fraction of sp³-hybridized carbons (Fsp3) is 0. The first-order valence-corrected chi connectivity index (χ1v) is 3.91. The molecule has 0 atom stereocenters. The molecule has 0 saturated carbocycles. The molecular formula is C9H8N2O3. The SMILES string of the molecule is Nc1cc(-c2ccc(O)c(O)c2)on1. The minimum absolute atomic E-state index is 0.179. The van der Waals surface area contributed by atoms with Gasteiger partial charge in [-0.1, -0.05) is 5.16 Å². The second-order valence-electron chi connectivity index (χ2n) is 2.82. The third-order valence-electron chi connectivity index (χ3n) is 1.79. The third kappa shape index (κ3) is 1.35. The molecule has 1 aromatic carbocycles. The summed E-state index contributed by atoms with van der Waals surface area (Å²) in [5.41, 5.74) is 5.97. The van der Waals surface area contributed by atoms with Gasteiger partial charge in [0.05, 0.1) is 0 Å². The van der Waals surface area contributed by atoms with Crippen molar-refractivity contribution in [1.29, 1.82) is 0 Å². The quantitative estimate of drug-likeness (QED) is 0.593. The van der Waals surface area contributed by atoms with Crippen molar-refractivity contribution >= 4 is 5.82 Å². The average molecular weight is 192 g/mol. The van der Waals surface area contributed by atoms with E-state index in [1.165, 1.54) is 18.2 Å². The summed E-state index contributed by atoms with van der Waals surface area (Å²) in [6.07, 6.45) is 0. The largest absolute Gasteiger partial charge is 0.504 e. The Labute approximate surface area is 79.4 Å². The van der Waals surface area contributed by atoms with Crippen molar-refractivity contribution in [1.82, 2.24) is 5.16 Å². The van der Waals surface area contributed by atoms with Crippen molar-refractivity contribution in [2.75, 3.05) is 5.73 Å². The maximum Gasteiger partial charge on any atom is 0.169 e. The Kier molecular flexibility index (Phi) is 1.78. The van der Waals surface area contributed by atoms with Gasteiger partial charge in [-0.3, -0.25) is 0 Å². The fourth-order valence-corrected chi connectivity index (χ4v) is 1.10. The van der Waals surface area contributed by atoms with Gasteiger partial charge >= 0.3 is 0 Å². The van der Waals surface area contributed by atoms with Crippen molar-refractivity contribution in [2.24, 2.45) is 0 Å². The predicted molar refractivity (Wildman–Crippen MR) is 49.7 cm³/mol. The van der Waals surface area contributed by atoms with Crippen molar-refractivity contribution in [2.45, 2.75) is 0 Å². The number of phenols is 2. The summed E-state index contributed by atoms with van der Waals surface area (Å²) >= 11 is 0. The number of nitrogens with zero attached hydrogens (tertiary/aromatic N) is 1. The number of hydrogen-bond acceptors (Lipinski definition) is 5. The van der Waals surface area contributed by atoms with E-state index in [1.54, 1.807) is 6.07 Å². The Balaban J connectivity index is 2.47. The molecule has 0 unspecified atom stereocenters. The normalized spacial score (nSPS) is 10.3. The summed E-state index contributed by atoms with van der Waals surface area (Å²) in [6.45, 7) is 0. The summed E-state index contributed by atoms with van der Waals surface area (Å²) in [5.74, 6) is 0.323. The highest BCUT2D eigenvalue weighted by Gasteiger charge is 2.07. The van der Waals surface area contributed by atoms with E-state index in [0.717, 1.165) is 0 Å². The molecule has 72 valence electrons. The van der Waals surface area contributed by atoms with Crippen LogP contribution in [0.2, 0.25) is 0 Å². The molecule has 0 fully saturated rings. The highest BCUT2D eigenvalue weighted by Crippen LogP contribution is 2.30. The number of phenolic OH excluding ortho intramolecular Hbond substituents is 2. The van der Waals surface area contributed by atoms with Gasteiger partial charge in [-0.15, -0.1) is 0 Å². The summed E-state index contributed by atoms with van der Waals surface area (Å²) in [6, 6.07) is 5.86. The van der Waals surface area contributed by atoms with Gasteiger partial charge in [-0.05, 0) is 18.2 Å². The Morgan fingerprint density at radius 3 is 2.50 bits per heavy atom. The zero-order chi connectivity index (χ0) is 10.1. The average Bonchev–Trinajstić information content (AvgIpc) is 2.57. The van der Waals surface area contributed by atoms with Gasteiger partial charge < -0.3 is 20.5 Å². The third-order valence-corrected chi connectivity index (χ3v) is 1.79. The predicted octanol–water partition coefficient (Wildman–Crippen LogP) is 1.33. The van der Waals surface area contributed by atoms with Crippen LogP contribution in [0.5, 0.6) is 11.5 Å². The molecule has 2 aromatic rings. The number of anilines is 1. The number of rotatable bonds is 1. The lowest BCUT2D eigenvalue weighted by molar-refractivity contribution is 0.403. The van der Waals surface area contributed by atoms with Crippen LogP contribution in [-0.2, 0) is 0 Å². The zero-order valence-electron chi connectivity index (χ0n) is 7.14. The molecule has 0 radical (unpaired) electrons. The summed E-state index contributed by atoms with van der Waals surface area (Å²) in [7, 11) is 0. The molecule has 5 nitrogen and oxygen atoms in total. The number of aromatic hydroxyl groups is 2. The molecule has 14 heavy (non-hydrogen) atoms. The van der Waals surface area contributed by atoms with Crippen LogP contribution in [0.25, 0.3) is 11.3 Å². The van der Waals surface area contributed by atoms with Crippen LogP contribution in [0.1, 0.15) is 0 Å². The van der Waals surface area contributed by atoms with E-state index in [0.29, 0.717) is 11.3 Å². The fourth-order valence-electron chi connectivity index (χ4n) is 1.10. The number of benzene rings is 1. The lowest BCUT2D eigenvalue weighted by atomic mass is 10.1. The molecule has 0 aliphatic carbocycles. The molecule has 0 saturated heterocycles. The Hall–Kier alpha value is -2.17. The standard InChI is InChI=1S/C9H8N2O3/c10-9-4-8(14-11-9)5-1-2-6(12)7(13)3-5/h1-4,12-13H,(H2,10,11). The van der Waals surface area contributed by atoms with Gasteiger partial charge in [0.1, 0.15) is 0 Å². The number of aromatic nitrogens is 1. The summed E-state index contributed by atoms with van der Waals surface area (Å²) < 4.78 is 4.88. The number of nitrogen functional groups attached to an aromatic ring is 1. The van der Waals surface area contributed by atoms with Crippen LogP contribution < -0.4 is 5.73 Å². The lowest BCUT2D eigenvalue weighted by Gasteiger charge is -1.98. The van der Waals surface area contributed by atoms with E-state index < -0.39 is 0 Å². The van der Waals surface area contributed by atoms with Crippen LogP contribution in [0, 0.1) is 0 Å². The van der Waals surface area contributed by atoms with Crippen LogP contribution >= 0.6 is 0 Å². The van der Waals surface area contributed by atoms with E-state index in [1.807, 2.05) is 0 Å². The first kappa shape index (κ1) is 8.43. The molecule has 2 rings (SSSR count). The molecule has 0 spiro atoms. The van der Waals surface area contributed by atoms with Crippen molar-refractivity contribution in [3.63, 3.8) is 0 Å². The molecule has 4 N–H and O–H groups in total. The van der Waals surface area contributed by atoms with Gasteiger partial charge in [0.25, 0.3) is 0 Å². The molecule has 1 heterocycles. The maximum absolute atomic E-state index is 9.22. The monoisotopic (exact) mass is 192 g/mol. The van der Waals surface area contributed by atoms with Crippen LogP contribution in [-0.4, -0.2) is 15.4 Å². The molecular weight excluding hydrogens is 184 g/mol. The van der Waals surface area contributed by atoms with Gasteiger partial charge in [0.2, 0.25) is 0 Å². The highest BCUT2D eigenvalue weighted by atomic mass is 16.5. The molecule has 1 aromatic heterocycles. The van der Waals surface area contributed by atoms with Crippen molar-refractivity contribution in [3.8, 4) is 22.8 Å². The van der Waals surface area contributed by atoms with Crippen molar-refractivity contribution < 1.29 is 14.7 Å². The Bertz CT molecular complexity index is 465. The molecule has 0 amide bonds. The number of nitrogens with two attached hydrogens (primary N) is 1. The van der Waals surface area contributed by atoms with Gasteiger partial charge in [-0.2, -0.15) is 0 Å². The molecule has 0 aliphatic heterocycles. The first-order chi connectivity index (χ1) is 6.66. The summed E-state index contributed by atoms with van der Waals surface area (Å²) in [5, 5.41) is 21.8. The van der Waals surface area contributed by atoms with Crippen molar-refractivity contribution in [3.05, 3.63) is 24.3 Å². The Morgan fingerprint density at radius 2 is 1.93 bits per heavy atom. The smallest absolute Gasteiger partial charge is 0.169 e. The van der Waals surface area contributed by atoms with Gasteiger partial charge in [0, 0.05) is 11.6 Å². The van der Waals surface area contributed by atoms with E-state index >= 15 is 0 Å². The zero-order valence-corrected chi connectivity index (χ0v) is 7.14. The topological polar surface area (TPSA) is 92.5 Å². The minimum Gasteiger partial charge on any atom is -0.504 e. The minimum atomic E-state index is -0.211. The van der Waals surface area contributed by atoms with E-state index in [-0.39, 0.29) is 17.3 Å². The van der Waals surface area contributed by atoms with Crippen LogP contribution in [0.15, 0.2) is 28.8 Å². The van der Waals surface area contributed by atoms with E-state index in [4.69, 9.17) is 15.4 Å². The van der Waals surface area contributed by atoms with E-state index in [2.05, 4.69) is 5.16 Å². The van der Waals surface area contributed by atoms with Crippen LogP contribution in [0.4, 0.5) is 5.82 Å². The first-order valence-electron chi connectivity index (χ1n) is 3.91. The van der Waals surface area contributed by atoms with E-state index in [9.17, 15) is 5.11 Å². The van der Waals surface area contributed by atoms with Gasteiger partial charge in [-0.25, -0.2) is 0 Å². The maximum atomic E-state index is 9.22. The van der Waals surface area contributed by atoms with Gasteiger partial charge in [0.15, 0.2) is 23.1 Å². The highest BCUT2D eigenvalue weighted by molar-refractivity contribution is 5.63. The van der Waals surface area contributed by atoms with Crippen LogP contribution in [0.3, 0.4) is 0 Å². The molecule has 5 heteroatoms. The lowest BCUT2D eigenvalue weighted by Crippen LogP contribution is -1.80. The second kappa shape index (κ2) is 2.95. The second-order valence-corrected chi connectivity index (χ2v) is 2.82. The number of hydrogen-bond donors (Lipinski definition) is 3. The Morgan fingerprint density at radius 1 is 1.14 bits per heavy atom. The summed E-state index contributed by atoms with van der Waals surface area (Å²) in [4.78, 5) is 0. The molecule has 0 bridgehead atoms. The molecule has 0 aliphatic rings.